The first-order chi connectivity index (χ1) is 12.5. The number of rotatable bonds is 5. The third-order valence-electron chi connectivity index (χ3n) is 3.70. The molecule has 2 heterocycles. The van der Waals surface area contributed by atoms with Crippen LogP contribution in [0.3, 0.4) is 0 Å². The molecule has 0 bridgehead atoms. The standard InChI is InChI=1S/C17H17ClN6O2/c1-10-7-20-24(8-10)16-14(18)22-13(15(19)23-16)17(26)21-12(9-25)11-5-3-2-4-6-11/h2-8,12,25H,9H2,1H3,(H2,19,23)(H,21,26)/t12-/m1/s1. The molecule has 26 heavy (non-hydrogen) atoms. The van der Waals surface area contributed by atoms with Crippen LogP contribution in [0.1, 0.15) is 27.7 Å². The lowest BCUT2D eigenvalue weighted by atomic mass is 10.1. The summed E-state index contributed by atoms with van der Waals surface area (Å²) in [5, 5.41) is 16.4. The number of hydrogen-bond acceptors (Lipinski definition) is 6. The Balaban J connectivity index is 1.87. The number of hydrogen-bond donors (Lipinski definition) is 3. The van der Waals surface area contributed by atoms with E-state index in [1.807, 2.05) is 25.1 Å². The number of nitrogens with two attached hydrogens (primary N) is 1. The largest absolute Gasteiger partial charge is 0.394 e. The number of benzene rings is 1. The highest BCUT2D eigenvalue weighted by molar-refractivity contribution is 6.31. The monoisotopic (exact) mass is 372 g/mol. The van der Waals surface area contributed by atoms with Crippen molar-refractivity contribution in [3.05, 3.63) is 64.7 Å². The number of aliphatic hydroxyl groups excluding tert-OH is 1. The molecule has 1 amide bonds. The second-order valence-corrected chi connectivity index (χ2v) is 6.01. The maximum Gasteiger partial charge on any atom is 0.274 e. The van der Waals surface area contributed by atoms with E-state index in [9.17, 15) is 9.90 Å². The quantitative estimate of drug-likeness (QED) is 0.626. The zero-order valence-corrected chi connectivity index (χ0v) is 14.7. The highest BCUT2D eigenvalue weighted by Crippen LogP contribution is 2.20. The zero-order valence-electron chi connectivity index (χ0n) is 13.9. The van der Waals surface area contributed by atoms with Crippen LogP contribution >= 0.6 is 11.6 Å². The summed E-state index contributed by atoms with van der Waals surface area (Å²) in [5.74, 6) is -0.432. The van der Waals surface area contributed by atoms with E-state index in [1.165, 1.54) is 4.68 Å². The average Bonchev–Trinajstić information content (AvgIpc) is 3.08. The number of halogens is 1. The third kappa shape index (κ3) is 3.66. The number of nitrogens with one attached hydrogen (secondary N) is 1. The van der Waals surface area contributed by atoms with Gasteiger partial charge in [0.05, 0.1) is 18.8 Å². The average molecular weight is 373 g/mol. The lowest BCUT2D eigenvalue weighted by Crippen LogP contribution is -2.32. The fourth-order valence-electron chi connectivity index (χ4n) is 2.41. The minimum Gasteiger partial charge on any atom is -0.394 e. The van der Waals surface area contributed by atoms with Crippen molar-refractivity contribution in [1.29, 1.82) is 0 Å². The van der Waals surface area contributed by atoms with Crippen LogP contribution in [0.15, 0.2) is 42.7 Å². The van der Waals surface area contributed by atoms with Crippen LogP contribution in [-0.2, 0) is 0 Å². The van der Waals surface area contributed by atoms with E-state index in [4.69, 9.17) is 17.3 Å². The van der Waals surface area contributed by atoms with E-state index in [0.717, 1.165) is 11.1 Å². The molecule has 2 aromatic heterocycles. The number of carbonyl (C=O) groups is 1. The number of anilines is 1. The third-order valence-corrected chi connectivity index (χ3v) is 3.95. The molecule has 0 saturated heterocycles. The molecule has 0 spiro atoms. The van der Waals surface area contributed by atoms with Crippen molar-refractivity contribution in [3.63, 3.8) is 0 Å². The molecule has 134 valence electrons. The second-order valence-electron chi connectivity index (χ2n) is 5.65. The second kappa shape index (κ2) is 7.51. The van der Waals surface area contributed by atoms with E-state index >= 15 is 0 Å². The van der Waals surface area contributed by atoms with Gasteiger partial charge in [0.25, 0.3) is 5.91 Å². The summed E-state index contributed by atoms with van der Waals surface area (Å²) >= 11 is 6.16. The van der Waals surface area contributed by atoms with E-state index in [0.29, 0.717) is 0 Å². The Labute approximate surface area is 154 Å². The van der Waals surface area contributed by atoms with Crippen LogP contribution in [0.5, 0.6) is 0 Å². The van der Waals surface area contributed by atoms with Gasteiger partial charge in [-0.3, -0.25) is 4.79 Å². The summed E-state index contributed by atoms with van der Waals surface area (Å²) in [6, 6.07) is 8.47. The molecule has 0 aliphatic carbocycles. The van der Waals surface area contributed by atoms with Crippen LogP contribution in [0, 0.1) is 6.92 Å². The van der Waals surface area contributed by atoms with Crippen LogP contribution in [0.2, 0.25) is 5.15 Å². The number of carbonyl (C=O) groups excluding carboxylic acids is 1. The zero-order chi connectivity index (χ0) is 18.7. The number of aliphatic hydroxyl groups is 1. The summed E-state index contributed by atoms with van der Waals surface area (Å²) in [4.78, 5) is 20.7. The lowest BCUT2D eigenvalue weighted by molar-refractivity contribution is 0.0912. The van der Waals surface area contributed by atoms with Gasteiger partial charge in [-0.15, -0.1) is 0 Å². The summed E-state index contributed by atoms with van der Waals surface area (Å²) in [6.07, 6.45) is 3.35. The summed E-state index contributed by atoms with van der Waals surface area (Å²) in [7, 11) is 0. The van der Waals surface area contributed by atoms with Gasteiger partial charge < -0.3 is 16.2 Å². The van der Waals surface area contributed by atoms with Gasteiger partial charge >= 0.3 is 0 Å². The fourth-order valence-corrected chi connectivity index (χ4v) is 2.62. The topological polar surface area (TPSA) is 119 Å². The maximum absolute atomic E-state index is 12.5. The van der Waals surface area contributed by atoms with E-state index < -0.39 is 11.9 Å². The molecule has 9 heteroatoms. The van der Waals surface area contributed by atoms with Gasteiger partial charge in [-0.25, -0.2) is 14.6 Å². The molecule has 3 rings (SSSR count). The maximum atomic E-state index is 12.5. The summed E-state index contributed by atoms with van der Waals surface area (Å²) in [5.41, 5.74) is 7.45. The highest BCUT2D eigenvalue weighted by atomic mass is 35.5. The van der Waals surface area contributed by atoms with Gasteiger partial charge in [0.15, 0.2) is 22.5 Å². The Hall–Kier alpha value is -2.97. The Bertz CT molecular complexity index is 928. The first-order valence-electron chi connectivity index (χ1n) is 7.81. The Morgan fingerprint density at radius 1 is 1.35 bits per heavy atom. The number of nitrogen functional groups attached to an aromatic ring is 1. The molecule has 0 radical (unpaired) electrons. The van der Waals surface area contributed by atoms with E-state index in [2.05, 4.69) is 20.4 Å². The molecular weight excluding hydrogens is 356 g/mol. The number of nitrogens with zero attached hydrogens (tertiary/aromatic N) is 4. The number of aryl methyl sites for hydroxylation is 1. The van der Waals surface area contributed by atoms with Crippen molar-refractivity contribution in [2.45, 2.75) is 13.0 Å². The molecular formula is C17H17ClN6O2. The molecule has 1 atom stereocenters. The molecule has 3 aromatic rings. The van der Waals surface area contributed by atoms with E-state index in [1.54, 1.807) is 24.5 Å². The van der Waals surface area contributed by atoms with Crippen LogP contribution < -0.4 is 11.1 Å². The predicted octanol–water partition coefficient (Wildman–Crippen LogP) is 1.67. The normalized spacial score (nSPS) is 12.0. The van der Waals surface area contributed by atoms with E-state index in [-0.39, 0.29) is 29.1 Å². The van der Waals surface area contributed by atoms with Crippen molar-refractivity contribution in [1.82, 2.24) is 25.1 Å². The van der Waals surface area contributed by atoms with Gasteiger partial charge in [-0.05, 0) is 18.1 Å². The minimum absolute atomic E-state index is 0.00675. The van der Waals surface area contributed by atoms with Crippen molar-refractivity contribution in [2.75, 3.05) is 12.3 Å². The van der Waals surface area contributed by atoms with Crippen molar-refractivity contribution < 1.29 is 9.90 Å². The highest BCUT2D eigenvalue weighted by Gasteiger charge is 2.21. The first-order valence-corrected chi connectivity index (χ1v) is 8.18. The predicted molar refractivity (Wildman–Crippen MR) is 97.0 cm³/mol. The van der Waals surface area contributed by atoms with Crippen molar-refractivity contribution in [3.8, 4) is 5.82 Å². The molecule has 0 fully saturated rings. The smallest absolute Gasteiger partial charge is 0.274 e. The number of amides is 1. The van der Waals surface area contributed by atoms with Gasteiger partial charge in [0.2, 0.25) is 0 Å². The fraction of sp³-hybridized carbons (Fsp3) is 0.176. The molecule has 4 N–H and O–H groups in total. The SMILES string of the molecule is Cc1cnn(-c2nc(N)c(C(=O)N[C@H](CO)c3ccccc3)nc2Cl)c1. The van der Waals surface area contributed by atoms with Gasteiger partial charge in [0.1, 0.15) is 0 Å². The molecule has 8 nitrogen and oxygen atoms in total. The van der Waals surface area contributed by atoms with Gasteiger partial charge in [-0.1, -0.05) is 41.9 Å². The summed E-state index contributed by atoms with van der Waals surface area (Å²) in [6.45, 7) is 1.59. The van der Waals surface area contributed by atoms with Crippen molar-refractivity contribution >= 4 is 23.3 Å². The van der Waals surface area contributed by atoms with Crippen LogP contribution in [-0.4, -0.2) is 37.4 Å². The first kappa shape index (κ1) is 17.8. The summed E-state index contributed by atoms with van der Waals surface area (Å²) < 4.78 is 1.43. The molecule has 0 aliphatic rings. The minimum atomic E-state index is -0.600. The van der Waals surface area contributed by atoms with Gasteiger partial charge in [-0.2, -0.15) is 5.10 Å². The lowest BCUT2D eigenvalue weighted by Gasteiger charge is -2.17. The molecule has 0 aliphatic heterocycles. The Kier molecular flexibility index (Phi) is 5.15. The molecule has 0 saturated carbocycles. The number of aromatic nitrogens is 4. The Morgan fingerprint density at radius 3 is 2.69 bits per heavy atom. The van der Waals surface area contributed by atoms with Crippen molar-refractivity contribution in [2.24, 2.45) is 0 Å². The van der Waals surface area contributed by atoms with Gasteiger partial charge in [0, 0.05) is 6.20 Å². The van der Waals surface area contributed by atoms with Crippen LogP contribution in [0.25, 0.3) is 5.82 Å². The molecule has 0 unspecified atom stereocenters. The van der Waals surface area contributed by atoms with Crippen LogP contribution in [0.4, 0.5) is 5.82 Å². The molecule has 1 aromatic carbocycles. The Morgan fingerprint density at radius 2 is 2.08 bits per heavy atom.